The lowest BCUT2D eigenvalue weighted by molar-refractivity contribution is 0.0962. The Bertz CT molecular complexity index is 1130. The predicted octanol–water partition coefficient (Wildman–Crippen LogP) is 4.29. The third-order valence-electron chi connectivity index (χ3n) is 4.43. The van der Waals surface area contributed by atoms with Crippen molar-refractivity contribution < 1.29 is 4.79 Å². The average Bonchev–Trinajstić information content (AvgIpc) is 2.72. The highest BCUT2D eigenvalue weighted by atomic mass is 16.2. The van der Waals surface area contributed by atoms with Gasteiger partial charge in [-0.1, -0.05) is 60.2 Å². The summed E-state index contributed by atoms with van der Waals surface area (Å²) in [5.74, 6) is 0.327. The number of nitrogens with zero attached hydrogens (tertiary/aromatic N) is 2. The number of rotatable bonds is 5. The number of benzene rings is 3. The molecule has 0 aliphatic rings. The minimum absolute atomic E-state index is 0.218. The lowest BCUT2D eigenvalue weighted by Crippen LogP contribution is -2.30. The van der Waals surface area contributed by atoms with Crippen LogP contribution in [0.4, 0.5) is 5.82 Å². The fourth-order valence-electron chi connectivity index (χ4n) is 3.02. The topological polar surface area (TPSA) is 66.9 Å². The minimum Gasteiger partial charge on any atom is -0.280 e. The average molecular weight is 368 g/mol. The van der Waals surface area contributed by atoms with Crippen molar-refractivity contribution in [2.45, 2.75) is 13.3 Å². The zero-order valence-corrected chi connectivity index (χ0v) is 15.5. The van der Waals surface area contributed by atoms with Crippen LogP contribution in [0, 0.1) is 6.92 Å². The Hall–Kier alpha value is -3.73. The normalized spacial score (nSPS) is 10.6. The molecule has 0 fully saturated rings. The van der Waals surface area contributed by atoms with Crippen LogP contribution in [0.25, 0.3) is 11.0 Å². The number of amides is 1. The van der Waals surface area contributed by atoms with Crippen molar-refractivity contribution in [3.05, 3.63) is 101 Å². The Labute approximate surface area is 163 Å². The summed E-state index contributed by atoms with van der Waals surface area (Å²) in [6.07, 6.45) is 0.612. The summed E-state index contributed by atoms with van der Waals surface area (Å²) >= 11 is 0. The van der Waals surface area contributed by atoms with E-state index in [0.29, 0.717) is 17.8 Å². The van der Waals surface area contributed by atoms with Crippen molar-refractivity contribution in [3.63, 3.8) is 0 Å². The molecule has 2 N–H and O–H groups in total. The highest BCUT2D eigenvalue weighted by molar-refractivity contribution is 5.95. The summed E-state index contributed by atoms with van der Waals surface area (Å²) in [4.78, 5) is 21.9. The SMILES string of the molecule is Cc1cccc(C(=O)NNc2nc3ccccc3nc2Cc2ccccc2)c1. The lowest BCUT2D eigenvalue weighted by atomic mass is 10.1. The molecule has 1 amide bonds. The van der Waals surface area contributed by atoms with Crippen molar-refractivity contribution in [2.24, 2.45) is 0 Å². The van der Waals surface area contributed by atoms with E-state index in [4.69, 9.17) is 4.98 Å². The van der Waals surface area contributed by atoms with Crippen LogP contribution in [0.2, 0.25) is 0 Å². The van der Waals surface area contributed by atoms with E-state index in [1.165, 1.54) is 0 Å². The number of hydrogen-bond donors (Lipinski definition) is 2. The largest absolute Gasteiger partial charge is 0.280 e. The molecule has 0 aliphatic carbocycles. The Balaban J connectivity index is 1.62. The van der Waals surface area contributed by atoms with Gasteiger partial charge in [-0.15, -0.1) is 0 Å². The third-order valence-corrected chi connectivity index (χ3v) is 4.43. The molecule has 0 atom stereocenters. The molecule has 0 saturated heterocycles. The van der Waals surface area contributed by atoms with Gasteiger partial charge < -0.3 is 0 Å². The summed E-state index contributed by atoms with van der Waals surface area (Å²) in [6.45, 7) is 1.96. The van der Waals surface area contributed by atoms with Gasteiger partial charge in [-0.3, -0.25) is 15.6 Å². The van der Waals surface area contributed by atoms with E-state index in [9.17, 15) is 4.79 Å². The predicted molar refractivity (Wildman–Crippen MR) is 111 cm³/mol. The minimum atomic E-state index is -0.218. The Morgan fingerprint density at radius 2 is 1.57 bits per heavy atom. The molecule has 0 saturated carbocycles. The number of anilines is 1. The number of carbonyl (C=O) groups is 1. The van der Waals surface area contributed by atoms with Crippen LogP contribution in [-0.2, 0) is 6.42 Å². The number of nitrogens with one attached hydrogen (secondary N) is 2. The summed E-state index contributed by atoms with van der Waals surface area (Å²) in [6, 6.07) is 25.2. The maximum Gasteiger partial charge on any atom is 0.269 e. The molecule has 4 rings (SSSR count). The molecule has 5 heteroatoms. The molecule has 5 nitrogen and oxygen atoms in total. The molecule has 0 radical (unpaired) electrons. The van der Waals surface area contributed by atoms with Gasteiger partial charge in [-0.05, 0) is 36.8 Å². The van der Waals surface area contributed by atoms with Gasteiger partial charge in [0, 0.05) is 12.0 Å². The molecular formula is C23H20N4O. The Morgan fingerprint density at radius 3 is 2.32 bits per heavy atom. The van der Waals surface area contributed by atoms with Gasteiger partial charge >= 0.3 is 0 Å². The molecule has 4 aromatic rings. The van der Waals surface area contributed by atoms with Gasteiger partial charge in [0.25, 0.3) is 5.91 Å². The molecule has 138 valence electrons. The number of hydrazine groups is 1. The van der Waals surface area contributed by atoms with Crippen LogP contribution < -0.4 is 10.9 Å². The molecule has 0 aliphatic heterocycles. The van der Waals surface area contributed by atoms with E-state index in [-0.39, 0.29) is 5.91 Å². The maximum atomic E-state index is 12.5. The van der Waals surface area contributed by atoms with Gasteiger partial charge in [0.1, 0.15) is 0 Å². The first-order valence-corrected chi connectivity index (χ1v) is 9.12. The van der Waals surface area contributed by atoms with Crippen molar-refractivity contribution in [1.29, 1.82) is 0 Å². The summed E-state index contributed by atoms with van der Waals surface area (Å²) in [5, 5.41) is 0. The van der Waals surface area contributed by atoms with Gasteiger partial charge in [0.05, 0.1) is 16.7 Å². The molecule has 1 heterocycles. The standard InChI is InChI=1S/C23H20N4O/c1-16-8-7-11-18(14-16)23(28)27-26-22-21(15-17-9-3-2-4-10-17)24-19-12-5-6-13-20(19)25-22/h2-14H,15H2,1H3,(H,25,26)(H,27,28). The first kappa shape index (κ1) is 17.7. The smallest absolute Gasteiger partial charge is 0.269 e. The van der Waals surface area contributed by atoms with Crippen molar-refractivity contribution >= 4 is 22.8 Å². The van der Waals surface area contributed by atoms with E-state index in [1.54, 1.807) is 6.07 Å². The molecule has 3 aromatic carbocycles. The van der Waals surface area contributed by atoms with Crippen molar-refractivity contribution in [2.75, 3.05) is 5.43 Å². The van der Waals surface area contributed by atoms with Crippen LogP contribution in [0.1, 0.15) is 27.2 Å². The van der Waals surface area contributed by atoms with Gasteiger partial charge in [-0.25, -0.2) is 9.97 Å². The van der Waals surface area contributed by atoms with Gasteiger partial charge in [0.15, 0.2) is 5.82 Å². The van der Waals surface area contributed by atoms with Crippen LogP contribution in [0.15, 0.2) is 78.9 Å². The first-order chi connectivity index (χ1) is 13.7. The van der Waals surface area contributed by atoms with Crippen LogP contribution in [-0.4, -0.2) is 15.9 Å². The van der Waals surface area contributed by atoms with Crippen LogP contribution in [0.3, 0.4) is 0 Å². The molecular weight excluding hydrogens is 348 g/mol. The molecule has 0 spiro atoms. The highest BCUT2D eigenvalue weighted by Crippen LogP contribution is 2.19. The molecule has 1 aromatic heterocycles. The number of aromatic nitrogens is 2. The fourth-order valence-corrected chi connectivity index (χ4v) is 3.02. The van der Waals surface area contributed by atoms with Gasteiger partial charge in [0.2, 0.25) is 0 Å². The quantitative estimate of drug-likeness (QED) is 0.516. The summed E-state index contributed by atoms with van der Waals surface area (Å²) in [5.41, 5.74) is 10.8. The second-order valence-corrected chi connectivity index (χ2v) is 6.62. The molecule has 0 bridgehead atoms. The van der Waals surface area contributed by atoms with E-state index in [0.717, 1.165) is 27.9 Å². The second-order valence-electron chi connectivity index (χ2n) is 6.62. The number of fused-ring (bicyclic) bond motifs is 1. The van der Waals surface area contributed by atoms with Crippen LogP contribution in [0.5, 0.6) is 0 Å². The van der Waals surface area contributed by atoms with E-state index < -0.39 is 0 Å². The highest BCUT2D eigenvalue weighted by Gasteiger charge is 2.12. The van der Waals surface area contributed by atoms with E-state index in [2.05, 4.69) is 15.8 Å². The maximum absolute atomic E-state index is 12.5. The van der Waals surface area contributed by atoms with Crippen LogP contribution >= 0.6 is 0 Å². The Kier molecular flexibility index (Phi) is 4.97. The van der Waals surface area contributed by atoms with E-state index >= 15 is 0 Å². The first-order valence-electron chi connectivity index (χ1n) is 9.12. The zero-order valence-electron chi connectivity index (χ0n) is 15.5. The number of hydrogen-bond acceptors (Lipinski definition) is 4. The van der Waals surface area contributed by atoms with Crippen molar-refractivity contribution in [3.8, 4) is 0 Å². The zero-order chi connectivity index (χ0) is 19.3. The number of aryl methyl sites for hydroxylation is 1. The number of carbonyl (C=O) groups excluding carboxylic acids is 1. The van der Waals surface area contributed by atoms with Gasteiger partial charge in [-0.2, -0.15) is 0 Å². The van der Waals surface area contributed by atoms with Crippen molar-refractivity contribution in [1.82, 2.24) is 15.4 Å². The summed E-state index contributed by atoms with van der Waals surface area (Å²) < 4.78 is 0. The molecule has 0 unspecified atom stereocenters. The Morgan fingerprint density at radius 1 is 0.857 bits per heavy atom. The molecule has 28 heavy (non-hydrogen) atoms. The lowest BCUT2D eigenvalue weighted by Gasteiger charge is -2.13. The second kappa shape index (κ2) is 7.88. The monoisotopic (exact) mass is 368 g/mol. The van der Waals surface area contributed by atoms with E-state index in [1.807, 2.05) is 79.7 Å². The fraction of sp³-hybridized carbons (Fsp3) is 0.0870. The number of para-hydroxylation sites is 2. The summed E-state index contributed by atoms with van der Waals surface area (Å²) in [7, 11) is 0. The third kappa shape index (κ3) is 3.99.